The molecule has 0 saturated carbocycles. The maximum atomic E-state index is 12.2. The summed E-state index contributed by atoms with van der Waals surface area (Å²) >= 11 is 0. The molecule has 0 aromatic carbocycles. The van der Waals surface area contributed by atoms with Crippen molar-refractivity contribution in [1.29, 1.82) is 0 Å². The highest BCUT2D eigenvalue weighted by Crippen LogP contribution is 2.13. The molecule has 0 aliphatic carbocycles. The zero-order valence-corrected chi connectivity index (χ0v) is 13.5. The highest BCUT2D eigenvalue weighted by Gasteiger charge is 2.26. The Morgan fingerprint density at radius 1 is 1.33 bits per heavy atom. The van der Waals surface area contributed by atoms with Gasteiger partial charge in [0.1, 0.15) is 6.04 Å². The maximum absolute atomic E-state index is 12.2. The van der Waals surface area contributed by atoms with Crippen LogP contribution in [0.15, 0.2) is 24.4 Å². The summed E-state index contributed by atoms with van der Waals surface area (Å²) in [6.07, 6.45) is 2.44. The van der Waals surface area contributed by atoms with Crippen LogP contribution in [0.25, 0.3) is 0 Å². The number of nitrogens with zero attached hydrogens (tertiary/aromatic N) is 2. The summed E-state index contributed by atoms with van der Waals surface area (Å²) in [7, 11) is 1.74. The molecular formula is C16H25N3O2. The lowest BCUT2D eigenvalue weighted by atomic mass is 9.95. The highest BCUT2D eigenvalue weighted by atomic mass is 16.2. The first-order valence-corrected chi connectivity index (χ1v) is 7.17. The molecule has 1 N–H and O–H groups in total. The summed E-state index contributed by atoms with van der Waals surface area (Å²) in [5.41, 5.74) is 0.449. The summed E-state index contributed by atoms with van der Waals surface area (Å²) in [6.45, 7) is 7.76. The average molecular weight is 291 g/mol. The van der Waals surface area contributed by atoms with Crippen molar-refractivity contribution in [2.45, 2.75) is 40.2 Å². The van der Waals surface area contributed by atoms with Gasteiger partial charge in [-0.25, -0.2) is 0 Å². The Morgan fingerprint density at radius 2 is 2.00 bits per heavy atom. The topological polar surface area (TPSA) is 62.3 Å². The van der Waals surface area contributed by atoms with Gasteiger partial charge in [-0.3, -0.25) is 14.6 Å². The number of hydrogen-bond acceptors (Lipinski definition) is 3. The lowest BCUT2D eigenvalue weighted by molar-refractivity contribution is -0.137. The Hall–Kier alpha value is -1.91. The molecule has 0 aliphatic rings. The molecule has 0 saturated heterocycles. The van der Waals surface area contributed by atoms with E-state index in [1.165, 1.54) is 0 Å². The fraction of sp³-hybridized carbons (Fsp3) is 0.562. The van der Waals surface area contributed by atoms with Crippen LogP contribution in [0.3, 0.4) is 0 Å². The number of aromatic nitrogens is 1. The van der Waals surface area contributed by atoms with Gasteiger partial charge in [-0.15, -0.1) is 0 Å². The zero-order valence-electron chi connectivity index (χ0n) is 13.5. The largest absolute Gasteiger partial charge is 0.344 e. The number of nitrogens with one attached hydrogen (secondary N) is 1. The third kappa shape index (κ3) is 5.53. The number of carbonyl (C=O) groups excluding carboxylic acids is 2. The first-order chi connectivity index (χ1) is 9.71. The van der Waals surface area contributed by atoms with E-state index in [0.29, 0.717) is 13.0 Å². The number of rotatable bonds is 5. The quantitative estimate of drug-likeness (QED) is 0.897. The maximum Gasteiger partial charge on any atom is 0.244 e. The Bertz CT molecular complexity index is 480. The number of hydrogen-bond donors (Lipinski definition) is 1. The molecule has 2 amide bonds. The monoisotopic (exact) mass is 291 g/mol. The molecule has 21 heavy (non-hydrogen) atoms. The van der Waals surface area contributed by atoms with Crippen LogP contribution in [0, 0.1) is 5.41 Å². The second-order valence-electron chi connectivity index (χ2n) is 6.28. The molecule has 0 radical (unpaired) electrons. The molecule has 5 heteroatoms. The van der Waals surface area contributed by atoms with Crippen LogP contribution in [0.1, 0.15) is 33.4 Å². The number of carbonyl (C=O) groups is 2. The molecule has 1 unspecified atom stereocenters. The molecule has 1 atom stereocenters. The predicted molar refractivity (Wildman–Crippen MR) is 82.6 cm³/mol. The predicted octanol–water partition coefficient (Wildman–Crippen LogP) is 1.63. The molecule has 5 nitrogen and oxygen atoms in total. The summed E-state index contributed by atoms with van der Waals surface area (Å²) < 4.78 is 0. The normalized spacial score (nSPS) is 12.6. The molecule has 0 fully saturated rings. The van der Waals surface area contributed by atoms with Gasteiger partial charge in [-0.2, -0.15) is 0 Å². The average Bonchev–Trinajstić information content (AvgIpc) is 2.43. The Morgan fingerprint density at radius 3 is 2.52 bits per heavy atom. The van der Waals surface area contributed by atoms with Gasteiger partial charge in [0.05, 0.1) is 0 Å². The van der Waals surface area contributed by atoms with E-state index in [9.17, 15) is 9.59 Å². The van der Waals surface area contributed by atoms with Gasteiger partial charge in [0, 0.05) is 37.3 Å². The van der Waals surface area contributed by atoms with Gasteiger partial charge in [-0.05, 0) is 19.1 Å². The number of likely N-dealkylation sites (N-methyl/N-ethyl adjacent to an activating group) is 1. The third-order valence-electron chi connectivity index (χ3n) is 3.20. The molecule has 1 aromatic heterocycles. The van der Waals surface area contributed by atoms with E-state index in [1.807, 2.05) is 39.0 Å². The van der Waals surface area contributed by atoms with E-state index in [4.69, 9.17) is 0 Å². The van der Waals surface area contributed by atoms with Crippen LogP contribution < -0.4 is 5.32 Å². The first-order valence-electron chi connectivity index (χ1n) is 7.17. The van der Waals surface area contributed by atoms with E-state index < -0.39 is 11.5 Å². The lowest BCUT2D eigenvalue weighted by Crippen LogP contribution is -2.49. The van der Waals surface area contributed by atoms with Crippen molar-refractivity contribution in [2.24, 2.45) is 5.41 Å². The fourth-order valence-corrected chi connectivity index (χ4v) is 1.74. The minimum atomic E-state index is -0.523. The van der Waals surface area contributed by atoms with E-state index in [0.717, 1.165) is 5.69 Å². The number of amides is 2. The minimum absolute atomic E-state index is 0.0940. The van der Waals surface area contributed by atoms with Gasteiger partial charge < -0.3 is 10.2 Å². The van der Waals surface area contributed by atoms with Crippen LogP contribution in [-0.4, -0.2) is 41.3 Å². The third-order valence-corrected chi connectivity index (χ3v) is 3.20. The van der Waals surface area contributed by atoms with Gasteiger partial charge in [0.15, 0.2) is 0 Å². The summed E-state index contributed by atoms with van der Waals surface area (Å²) in [5, 5.41) is 2.75. The Labute approximate surface area is 126 Å². The van der Waals surface area contributed by atoms with Crippen LogP contribution in [0.5, 0.6) is 0 Å². The van der Waals surface area contributed by atoms with Crippen LogP contribution in [0.4, 0.5) is 0 Å². The molecule has 1 rings (SSSR count). The van der Waals surface area contributed by atoms with Crippen molar-refractivity contribution >= 4 is 11.8 Å². The van der Waals surface area contributed by atoms with Crippen LogP contribution in [-0.2, 0) is 16.0 Å². The van der Waals surface area contributed by atoms with Crippen LogP contribution >= 0.6 is 0 Å². The second-order valence-corrected chi connectivity index (χ2v) is 6.28. The van der Waals surface area contributed by atoms with Crippen molar-refractivity contribution in [1.82, 2.24) is 15.2 Å². The minimum Gasteiger partial charge on any atom is -0.344 e. The highest BCUT2D eigenvalue weighted by molar-refractivity contribution is 5.89. The van der Waals surface area contributed by atoms with E-state index in [1.54, 1.807) is 25.1 Å². The molecular weight excluding hydrogens is 266 g/mol. The molecule has 1 aromatic rings. The Balaban J connectivity index is 2.48. The molecule has 0 aliphatic heterocycles. The summed E-state index contributed by atoms with van der Waals surface area (Å²) in [4.78, 5) is 30.0. The smallest absolute Gasteiger partial charge is 0.244 e. The van der Waals surface area contributed by atoms with E-state index >= 15 is 0 Å². The van der Waals surface area contributed by atoms with Gasteiger partial charge >= 0.3 is 0 Å². The van der Waals surface area contributed by atoms with Gasteiger partial charge in [0.2, 0.25) is 11.8 Å². The van der Waals surface area contributed by atoms with Crippen molar-refractivity contribution in [3.8, 4) is 0 Å². The van der Waals surface area contributed by atoms with E-state index in [-0.39, 0.29) is 11.8 Å². The molecule has 116 valence electrons. The van der Waals surface area contributed by atoms with Crippen molar-refractivity contribution in [2.75, 3.05) is 13.6 Å². The summed E-state index contributed by atoms with van der Waals surface area (Å²) in [5.74, 6) is -0.218. The SMILES string of the molecule is CC(NC(=O)C(C)(C)C)C(=O)N(C)CCc1ccccn1. The summed E-state index contributed by atoms with van der Waals surface area (Å²) in [6, 6.07) is 5.20. The molecule has 0 spiro atoms. The second kappa shape index (κ2) is 7.20. The van der Waals surface area contributed by atoms with Crippen molar-refractivity contribution < 1.29 is 9.59 Å². The lowest BCUT2D eigenvalue weighted by Gasteiger charge is -2.25. The standard InChI is InChI=1S/C16H25N3O2/c1-12(18-15(21)16(2,3)4)14(20)19(5)11-9-13-8-6-7-10-17-13/h6-8,10,12H,9,11H2,1-5H3,(H,18,21). The Kier molecular flexibility index (Phi) is 5.88. The molecule has 0 bridgehead atoms. The van der Waals surface area contributed by atoms with Gasteiger partial charge in [-0.1, -0.05) is 26.8 Å². The number of pyridine rings is 1. The zero-order chi connectivity index (χ0) is 16.0. The van der Waals surface area contributed by atoms with Crippen LogP contribution in [0.2, 0.25) is 0 Å². The van der Waals surface area contributed by atoms with Crippen molar-refractivity contribution in [3.63, 3.8) is 0 Å². The fourth-order valence-electron chi connectivity index (χ4n) is 1.74. The first kappa shape index (κ1) is 17.1. The van der Waals surface area contributed by atoms with E-state index in [2.05, 4.69) is 10.3 Å². The van der Waals surface area contributed by atoms with Gasteiger partial charge in [0.25, 0.3) is 0 Å². The van der Waals surface area contributed by atoms with Crippen molar-refractivity contribution in [3.05, 3.63) is 30.1 Å². The molecule has 1 heterocycles.